The van der Waals surface area contributed by atoms with Crippen LogP contribution < -0.4 is 10.1 Å². The molecule has 0 aliphatic carbocycles. The number of fused-ring (bicyclic) bond motifs is 1. The van der Waals surface area contributed by atoms with Crippen LogP contribution in [0.2, 0.25) is 5.02 Å². The largest absolute Gasteiger partial charge is 0.480 e. The predicted octanol–water partition coefficient (Wildman–Crippen LogP) is 4.03. The van der Waals surface area contributed by atoms with Crippen LogP contribution >= 0.6 is 11.6 Å². The predicted molar refractivity (Wildman–Crippen MR) is 107 cm³/mol. The molecule has 168 valence electrons. The second-order valence-corrected chi connectivity index (χ2v) is 7.18. The van der Waals surface area contributed by atoms with Crippen LogP contribution in [0.3, 0.4) is 0 Å². The van der Waals surface area contributed by atoms with Gasteiger partial charge < -0.3 is 19.4 Å². The van der Waals surface area contributed by atoms with E-state index in [1.54, 1.807) is 13.0 Å². The van der Waals surface area contributed by atoms with Crippen molar-refractivity contribution in [2.24, 2.45) is 0 Å². The molecular formula is C19H16ClF3N6O3. The molecule has 0 saturated heterocycles. The number of benzene rings is 1. The minimum Gasteiger partial charge on any atom is -0.480 e. The number of aliphatic hydroxyl groups excluding tert-OH is 1. The van der Waals surface area contributed by atoms with Gasteiger partial charge in [-0.3, -0.25) is 5.32 Å². The van der Waals surface area contributed by atoms with E-state index in [1.807, 2.05) is 0 Å². The molecule has 0 bridgehead atoms. The Labute approximate surface area is 183 Å². The Morgan fingerprint density at radius 1 is 1.25 bits per heavy atom. The molecule has 1 unspecified atom stereocenters. The third kappa shape index (κ3) is 4.24. The van der Waals surface area contributed by atoms with E-state index < -0.39 is 24.0 Å². The standard InChI is InChI=1S/C19H16ClF3N6O3/c1-8(26-17(30)15-14(20)18(31-2)25-7-24-15)13-6-12(29-32-13)16-27-10-4-3-9(19(21,22)23)5-11(10)28-16/h3-8,17,26,30H,1-2H3,(H,27,28)/t8-,17?/m0/s1. The van der Waals surface area contributed by atoms with Crippen LogP contribution in [0.15, 0.2) is 35.1 Å². The lowest BCUT2D eigenvalue weighted by Gasteiger charge is -2.17. The van der Waals surface area contributed by atoms with E-state index in [2.05, 4.69) is 30.4 Å². The van der Waals surface area contributed by atoms with Crippen LogP contribution in [0.25, 0.3) is 22.6 Å². The number of aliphatic hydroxyl groups is 1. The van der Waals surface area contributed by atoms with Gasteiger partial charge in [0.05, 0.1) is 29.7 Å². The number of nitrogens with one attached hydrogen (secondary N) is 2. The van der Waals surface area contributed by atoms with Crippen LogP contribution in [0.1, 0.15) is 36.2 Å². The summed E-state index contributed by atoms with van der Waals surface area (Å²) in [6.45, 7) is 1.70. The van der Waals surface area contributed by atoms with Crippen LogP contribution in [0.5, 0.6) is 5.88 Å². The number of aromatic nitrogens is 5. The highest BCUT2D eigenvalue weighted by atomic mass is 35.5. The highest BCUT2D eigenvalue weighted by Gasteiger charge is 2.31. The summed E-state index contributed by atoms with van der Waals surface area (Å²) in [7, 11) is 1.39. The molecule has 0 fully saturated rings. The average molecular weight is 469 g/mol. The Bertz CT molecular complexity index is 1260. The van der Waals surface area contributed by atoms with Crippen molar-refractivity contribution in [2.75, 3.05) is 7.11 Å². The van der Waals surface area contributed by atoms with Gasteiger partial charge in [0, 0.05) is 6.07 Å². The number of aromatic amines is 1. The van der Waals surface area contributed by atoms with E-state index in [0.29, 0.717) is 11.3 Å². The number of imidazole rings is 1. The summed E-state index contributed by atoms with van der Waals surface area (Å²) in [5.41, 5.74) is 0.185. The Morgan fingerprint density at radius 2 is 2.03 bits per heavy atom. The van der Waals surface area contributed by atoms with Crippen LogP contribution in [0.4, 0.5) is 13.2 Å². The number of methoxy groups -OCH3 is 1. The van der Waals surface area contributed by atoms with Crippen molar-refractivity contribution in [3.8, 4) is 17.4 Å². The van der Waals surface area contributed by atoms with E-state index in [1.165, 1.54) is 19.5 Å². The number of H-pyrrole nitrogens is 1. The number of hydrogen-bond donors (Lipinski definition) is 3. The van der Waals surface area contributed by atoms with Gasteiger partial charge in [0.15, 0.2) is 11.6 Å². The van der Waals surface area contributed by atoms with Crippen molar-refractivity contribution in [3.05, 3.63) is 52.6 Å². The van der Waals surface area contributed by atoms with Gasteiger partial charge in [-0.05, 0) is 25.1 Å². The van der Waals surface area contributed by atoms with Crippen molar-refractivity contribution in [1.82, 2.24) is 30.4 Å². The highest BCUT2D eigenvalue weighted by Crippen LogP contribution is 2.32. The van der Waals surface area contributed by atoms with Crippen LogP contribution in [0, 0.1) is 0 Å². The fraction of sp³-hybridized carbons (Fsp3) is 0.263. The molecule has 3 N–H and O–H groups in total. The first-order valence-corrected chi connectivity index (χ1v) is 9.57. The highest BCUT2D eigenvalue weighted by molar-refractivity contribution is 6.32. The lowest BCUT2D eigenvalue weighted by molar-refractivity contribution is -0.137. The molecule has 4 rings (SSSR count). The normalized spacial score (nSPS) is 14.0. The fourth-order valence-corrected chi connectivity index (χ4v) is 3.29. The summed E-state index contributed by atoms with van der Waals surface area (Å²) >= 11 is 6.13. The summed E-state index contributed by atoms with van der Waals surface area (Å²) in [6, 6.07) is 4.23. The summed E-state index contributed by atoms with van der Waals surface area (Å²) in [4.78, 5) is 14.9. The molecule has 0 saturated carbocycles. The zero-order chi connectivity index (χ0) is 23.0. The maximum atomic E-state index is 12.9. The Morgan fingerprint density at radius 3 is 2.75 bits per heavy atom. The minimum absolute atomic E-state index is 0.0564. The molecule has 9 nitrogen and oxygen atoms in total. The Balaban J connectivity index is 1.53. The van der Waals surface area contributed by atoms with Crippen molar-refractivity contribution in [3.63, 3.8) is 0 Å². The van der Waals surface area contributed by atoms with Gasteiger partial charge in [0.25, 0.3) is 0 Å². The molecule has 1 aromatic carbocycles. The first-order chi connectivity index (χ1) is 15.2. The molecule has 3 heterocycles. The van der Waals surface area contributed by atoms with Gasteiger partial charge in [-0.15, -0.1) is 0 Å². The van der Waals surface area contributed by atoms with E-state index in [-0.39, 0.29) is 33.6 Å². The van der Waals surface area contributed by atoms with Crippen molar-refractivity contribution >= 4 is 22.6 Å². The van der Waals surface area contributed by atoms with Gasteiger partial charge in [-0.2, -0.15) is 13.2 Å². The molecular weight excluding hydrogens is 453 g/mol. The van der Waals surface area contributed by atoms with Crippen LogP contribution in [-0.2, 0) is 6.18 Å². The summed E-state index contributed by atoms with van der Waals surface area (Å²) in [5, 5.41) is 17.3. The number of alkyl halides is 3. The van der Waals surface area contributed by atoms with Gasteiger partial charge in [-0.1, -0.05) is 16.8 Å². The van der Waals surface area contributed by atoms with E-state index in [4.69, 9.17) is 20.9 Å². The van der Waals surface area contributed by atoms with Crippen molar-refractivity contribution in [1.29, 1.82) is 0 Å². The molecule has 0 aliphatic heterocycles. The van der Waals surface area contributed by atoms with Gasteiger partial charge in [-0.25, -0.2) is 15.0 Å². The summed E-state index contributed by atoms with van der Waals surface area (Å²) in [6.07, 6.45) is -4.53. The molecule has 32 heavy (non-hydrogen) atoms. The first kappa shape index (κ1) is 22.0. The lowest BCUT2D eigenvalue weighted by Crippen LogP contribution is -2.25. The zero-order valence-corrected chi connectivity index (χ0v) is 17.4. The second kappa shape index (κ2) is 8.37. The Kier molecular flexibility index (Phi) is 5.75. The second-order valence-electron chi connectivity index (χ2n) is 6.80. The van der Waals surface area contributed by atoms with E-state index >= 15 is 0 Å². The number of ether oxygens (including phenoxy) is 1. The van der Waals surface area contributed by atoms with Gasteiger partial charge >= 0.3 is 6.18 Å². The van der Waals surface area contributed by atoms with Gasteiger partial charge in [0.2, 0.25) is 5.88 Å². The molecule has 13 heteroatoms. The molecule has 0 aliphatic rings. The quantitative estimate of drug-likeness (QED) is 0.362. The first-order valence-electron chi connectivity index (χ1n) is 9.20. The number of halogens is 4. The SMILES string of the molecule is COc1ncnc(C(O)N[C@@H](C)c2cc(-c3nc4ccc(C(F)(F)F)cc4[nH]3)no2)c1Cl. The lowest BCUT2D eigenvalue weighted by atomic mass is 10.2. The number of rotatable bonds is 6. The minimum atomic E-state index is -4.46. The number of nitrogens with zero attached hydrogens (tertiary/aromatic N) is 4. The van der Waals surface area contributed by atoms with Crippen molar-refractivity contribution in [2.45, 2.75) is 25.4 Å². The molecule has 0 spiro atoms. The fourth-order valence-electron chi connectivity index (χ4n) is 3.01. The van der Waals surface area contributed by atoms with Crippen LogP contribution in [-0.4, -0.2) is 37.3 Å². The van der Waals surface area contributed by atoms with E-state index in [9.17, 15) is 18.3 Å². The maximum Gasteiger partial charge on any atom is 0.416 e. The third-order valence-electron chi connectivity index (χ3n) is 4.65. The molecule has 0 amide bonds. The molecule has 4 aromatic rings. The third-order valence-corrected chi connectivity index (χ3v) is 5.01. The summed E-state index contributed by atoms with van der Waals surface area (Å²) in [5.74, 6) is 0.698. The molecule has 0 radical (unpaired) electrons. The summed E-state index contributed by atoms with van der Waals surface area (Å²) < 4.78 is 49.1. The van der Waals surface area contributed by atoms with E-state index in [0.717, 1.165) is 12.1 Å². The molecule has 3 aromatic heterocycles. The number of hydrogen-bond acceptors (Lipinski definition) is 8. The topological polar surface area (TPSA) is 122 Å². The van der Waals surface area contributed by atoms with Gasteiger partial charge in [0.1, 0.15) is 29.0 Å². The smallest absolute Gasteiger partial charge is 0.416 e. The maximum absolute atomic E-state index is 12.9. The van der Waals surface area contributed by atoms with Crippen molar-refractivity contribution < 1.29 is 27.5 Å². The average Bonchev–Trinajstić information content (AvgIpc) is 3.39. The Hall–Kier alpha value is -3.22. The monoisotopic (exact) mass is 468 g/mol. The molecule has 2 atom stereocenters. The zero-order valence-electron chi connectivity index (χ0n) is 16.6.